The Balaban J connectivity index is 1.75. The quantitative estimate of drug-likeness (QED) is 0.335. The van der Waals surface area contributed by atoms with Gasteiger partial charge in [0.15, 0.2) is 0 Å². The monoisotopic (exact) mass is 379 g/mol. The van der Waals surface area contributed by atoms with Crippen LogP contribution >= 0.6 is 11.3 Å². The molecule has 0 saturated heterocycles. The molecule has 0 radical (unpaired) electrons. The summed E-state index contributed by atoms with van der Waals surface area (Å²) >= 11 is 1.24. The van der Waals surface area contributed by atoms with Gasteiger partial charge in [-0.1, -0.05) is 18.2 Å². The zero-order chi connectivity index (χ0) is 19.1. The highest BCUT2D eigenvalue weighted by Crippen LogP contribution is 2.36. The summed E-state index contributed by atoms with van der Waals surface area (Å²) in [5.41, 5.74) is 10.5. The smallest absolute Gasteiger partial charge is 0.321 e. The fourth-order valence-electron chi connectivity index (χ4n) is 2.87. The van der Waals surface area contributed by atoms with E-state index in [2.05, 4.69) is 15.2 Å². The number of rotatable bonds is 3. The first-order valence-electron chi connectivity index (χ1n) is 8.31. The van der Waals surface area contributed by atoms with Crippen LogP contribution in [0.4, 0.5) is 11.6 Å². The van der Waals surface area contributed by atoms with E-state index in [1.54, 1.807) is 6.20 Å². The Morgan fingerprint density at radius 2 is 1.93 bits per heavy atom. The number of benzene rings is 1. The first kappa shape index (κ1) is 17.2. The van der Waals surface area contributed by atoms with E-state index in [0.717, 1.165) is 32.7 Å². The average molecular weight is 379 g/mol. The number of aromatic nitrogens is 3. The summed E-state index contributed by atoms with van der Waals surface area (Å²) in [6, 6.07) is 9.42. The van der Waals surface area contributed by atoms with Crippen LogP contribution in [0.25, 0.3) is 15.9 Å². The second kappa shape index (κ2) is 6.48. The van der Waals surface area contributed by atoms with Crippen molar-refractivity contribution in [1.29, 1.82) is 0 Å². The van der Waals surface area contributed by atoms with Gasteiger partial charge in [0.2, 0.25) is 11.0 Å². The summed E-state index contributed by atoms with van der Waals surface area (Å²) in [7, 11) is 0. The molecule has 4 rings (SSSR count). The van der Waals surface area contributed by atoms with Crippen LogP contribution in [-0.4, -0.2) is 16.2 Å². The highest BCUT2D eigenvalue weighted by atomic mass is 32.1. The van der Waals surface area contributed by atoms with Crippen molar-refractivity contribution >= 4 is 39.0 Å². The third-order valence-corrected chi connectivity index (χ3v) is 5.65. The highest BCUT2D eigenvalue weighted by molar-refractivity contribution is 7.21. The van der Waals surface area contributed by atoms with Crippen LogP contribution in [-0.2, 0) is 0 Å². The number of fused-ring (bicyclic) bond motifs is 1. The Labute approximate surface area is 159 Å². The molecule has 0 aliphatic carbocycles. The van der Waals surface area contributed by atoms with E-state index in [4.69, 9.17) is 10.3 Å². The van der Waals surface area contributed by atoms with Gasteiger partial charge in [-0.3, -0.25) is 4.52 Å². The maximum Gasteiger partial charge on any atom is 0.321 e. The van der Waals surface area contributed by atoms with Gasteiger partial charge in [0.1, 0.15) is 4.83 Å². The first-order valence-corrected chi connectivity index (χ1v) is 9.13. The number of para-hydroxylation sites is 1. The number of aryl methyl sites for hydroxylation is 2. The topological polar surface area (TPSA) is 104 Å². The van der Waals surface area contributed by atoms with Crippen molar-refractivity contribution in [2.75, 3.05) is 5.73 Å². The number of aliphatic imine (C=N–C) groups is 1. The normalized spacial score (nSPS) is 12.0. The zero-order valence-corrected chi connectivity index (χ0v) is 15.9. The molecule has 3 heterocycles. The third-order valence-electron chi connectivity index (χ3n) is 4.56. The molecule has 0 bridgehead atoms. The number of pyridine rings is 1. The van der Waals surface area contributed by atoms with Crippen molar-refractivity contribution in [3.63, 3.8) is 0 Å². The van der Waals surface area contributed by atoms with Crippen molar-refractivity contribution in [2.24, 2.45) is 4.99 Å². The van der Waals surface area contributed by atoms with E-state index in [0.29, 0.717) is 10.6 Å². The molecule has 27 heavy (non-hydrogen) atoms. The summed E-state index contributed by atoms with van der Waals surface area (Å²) in [5.74, 6) is -0.362. The van der Waals surface area contributed by atoms with Crippen LogP contribution in [0.1, 0.15) is 21.7 Å². The largest absolute Gasteiger partial charge is 0.857 e. The molecule has 3 aromatic heterocycles. The molecule has 7 nitrogen and oxygen atoms in total. The van der Waals surface area contributed by atoms with Crippen molar-refractivity contribution in [1.82, 2.24) is 10.3 Å². The predicted octanol–water partition coefficient (Wildman–Crippen LogP) is 2.51. The molecular formula is C19H17N5O2S. The highest BCUT2D eigenvalue weighted by Gasteiger charge is 2.17. The second-order valence-corrected chi connectivity index (χ2v) is 7.21. The predicted molar refractivity (Wildman–Crippen MR) is 102 cm³/mol. The van der Waals surface area contributed by atoms with Crippen LogP contribution in [0.3, 0.4) is 0 Å². The molecular weight excluding hydrogens is 362 g/mol. The lowest BCUT2D eigenvalue weighted by Gasteiger charge is -2.08. The van der Waals surface area contributed by atoms with Gasteiger partial charge in [0.25, 0.3) is 6.20 Å². The van der Waals surface area contributed by atoms with Gasteiger partial charge >= 0.3 is 5.88 Å². The lowest BCUT2D eigenvalue weighted by Crippen LogP contribution is -2.30. The molecule has 4 aromatic rings. The average Bonchev–Trinajstić information content (AvgIpc) is 3.25. The summed E-state index contributed by atoms with van der Waals surface area (Å²) in [6.07, 6.45) is 1.55. The number of hydrogen-bond acceptors (Lipinski definition) is 7. The molecule has 0 saturated carbocycles. The van der Waals surface area contributed by atoms with Crippen LogP contribution in [0.5, 0.6) is 0 Å². The molecule has 0 amide bonds. The Morgan fingerprint density at radius 3 is 2.67 bits per heavy atom. The van der Waals surface area contributed by atoms with Crippen LogP contribution < -0.4 is 15.5 Å². The Hall–Kier alpha value is -3.26. The number of thiophene rings is 1. The molecule has 1 aromatic carbocycles. The van der Waals surface area contributed by atoms with E-state index in [1.165, 1.54) is 16.0 Å². The summed E-state index contributed by atoms with van der Waals surface area (Å²) < 4.78 is 6.67. The minimum atomic E-state index is -0.471. The maximum absolute atomic E-state index is 12.7. The number of nitrogens with zero attached hydrogens (tertiary/aromatic N) is 4. The van der Waals surface area contributed by atoms with Crippen molar-refractivity contribution in [3.8, 4) is 5.69 Å². The molecule has 0 spiro atoms. The molecule has 8 heteroatoms. The van der Waals surface area contributed by atoms with Gasteiger partial charge in [-0.15, -0.1) is 11.3 Å². The van der Waals surface area contributed by atoms with Gasteiger partial charge in [-0.05, 0) is 36.6 Å². The maximum atomic E-state index is 12.7. The molecule has 0 aliphatic heterocycles. The molecule has 0 fully saturated rings. The number of nitrogen functional groups attached to an aromatic ring is 1. The Morgan fingerprint density at radius 1 is 1.19 bits per heavy atom. The third kappa shape index (κ3) is 2.93. The molecule has 0 atom stereocenters. The van der Waals surface area contributed by atoms with Crippen molar-refractivity contribution in [3.05, 3.63) is 58.2 Å². The van der Waals surface area contributed by atoms with Crippen LogP contribution in [0.15, 0.2) is 46.0 Å². The fraction of sp³-hybridized carbons (Fsp3) is 0.158. The second-order valence-electron chi connectivity index (χ2n) is 6.21. The minimum Gasteiger partial charge on any atom is -0.857 e. The van der Waals surface area contributed by atoms with Gasteiger partial charge in [0, 0.05) is 29.1 Å². The SMILES string of the molecule is Cc1nc2sc(/C([O-])=N/c3c[n+](-c4ccccc4)no3)c(N)c2c(C)c1C. The van der Waals surface area contributed by atoms with E-state index >= 15 is 0 Å². The Bertz CT molecular complexity index is 1180. The summed E-state index contributed by atoms with van der Waals surface area (Å²) in [6.45, 7) is 5.93. The van der Waals surface area contributed by atoms with E-state index in [1.807, 2.05) is 51.1 Å². The van der Waals surface area contributed by atoms with E-state index in [9.17, 15) is 5.11 Å². The zero-order valence-electron chi connectivity index (χ0n) is 15.1. The molecule has 2 N–H and O–H groups in total. The van der Waals surface area contributed by atoms with E-state index in [-0.39, 0.29) is 5.88 Å². The standard InChI is InChI=1S/C19H17N5O2S/c1-10-11(2)15-16(20)17(27-19(15)21-12(10)3)18(25)22-14-9-24(23-26-14)13-7-5-4-6-8-13/h4-9H,1-3H3,(H2-,20,22,23,25). The Kier molecular flexibility index (Phi) is 4.12. The molecule has 136 valence electrons. The number of hydrogen-bond donors (Lipinski definition) is 1. The fourth-order valence-corrected chi connectivity index (χ4v) is 3.95. The molecule has 0 aliphatic rings. The molecule has 0 unspecified atom stereocenters. The lowest BCUT2D eigenvalue weighted by atomic mass is 10.1. The summed E-state index contributed by atoms with van der Waals surface area (Å²) in [4.78, 5) is 9.67. The first-order chi connectivity index (χ1) is 13.0. The van der Waals surface area contributed by atoms with Gasteiger partial charge < -0.3 is 10.8 Å². The van der Waals surface area contributed by atoms with Crippen LogP contribution in [0.2, 0.25) is 0 Å². The van der Waals surface area contributed by atoms with Gasteiger partial charge in [-0.25, -0.2) is 9.98 Å². The van der Waals surface area contributed by atoms with Crippen LogP contribution in [0, 0.1) is 20.8 Å². The van der Waals surface area contributed by atoms with Crippen molar-refractivity contribution in [2.45, 2.75) is 20.8 Å². The minimum absolute atomic E-state index is 0.109. The van der Waals surface area contributed by atoms with Gasteiger partial charge in [0.05, 0.1) is 10.6 Å². The number of anilines is 1. The summed E-state index contributed by atoms with van der Waals surface area (Å²) in [5, 5.41) is 17.4. The lowest BCUT2D eigenvalue weighted by molar-refractivity contribution is -0.670. The van der Waals surface area contributed by atoms with Gasteiger partial charge in [-0.2, -0.15) is 0 Å². The number of nitrogens with two attached hydrogens (primary N) is 1. The van der Waals surface area contributed by atoms with Crippen molar-refractivity contribution < 1.29 is 14.3 Å². The van der Waals surface area contributed by atoms with E-state index < -0.39 is 5.90 Å².